The molecule has 3 N–H and O–H groups in total. The predicted octanol–water partition coefficient (Wildman–Crippen LogP) is 2.90. The first-order chi connectivity index (χ1) is 9.45. The van der Waals surface area contributed by atoms with Crippen molar-refractivity contribution in [1.29, 1.82) is 0 Å². The molecule has 0 aliphatic carbocycles. The van der Waals surface area contributed by atoms with Crippen molar-refractivity contribution >= 4 is 11.6 Å². The topological polar surface area (TPSA) is 69.6 Å². The Morgan fingerprint density at radius 3 is 2.55 bits per heavy atom. The Hall–Kier alpha value is -2.49. The van der Waals surface area contributed by atoms with Gasteiger partial charge in [-0.15, -0.1) is 0 Å². The predicted molar refractivity (Wildman–Crippen MR) is 78.0 cm³/mol. The molecular formula is C16H17NO3. The van der Waals surface area contributed by atoms with Gasteiger partial charge < -0.3 is 15.5 Å². The molecule has 0 bridgehead atoms. The van der Waals surface area contributed by atoms with Crippen LogP contribution in [-0.4, -0.2) is 16.1 Å². The van der Waals surface area contributed by atoms with Gasteiger partial charge in [-0.1, -0.05) is 12.1 Å². The zero-order valence-corrected chi connectivity index (χ0v) is 11.5. The highest BCUT2D eigenvalue weighted by Gasteiger charge is 2.08. The van der Waals surface area contributed by atoms with Gasteiger partial charge >= 0.3 is 0 Å². The van der Waals surface area contributed by atoms with E-state index in [0.717, 1.165) is 11.1 Å². The van der Waals surface area contributed by atoms with Gasteiger partial charge in [0.15, 0.2) is 0 Å². The number of aromatic hydroxyl groups is 2. The van der Waals surface area contributed by atoms with Gasteiger partial charge in [-0.2, -0.15) is 0 Å². The standard InChI is InChI=1S/C16H17NO3/c1-10-7-15(19)11(2)6-14(10)17-16(20)9-12-4-3-5-13(18)8-12/h3-8,18-19H,9H2,1-2H3,(H,17,20). The van der Waals surface area contributed by atoms with Crippen LogP contribution in [-0.2, 0) is 11.2 Å². The van der Waals surface area contributed by atoms with Crippen molar-refractivity contribution in [1.82, 2.24) is 0 Å². The van der Waals surface area contributed by atoms with Crippen LogP contribution in [0, 0.1) is 13.8 Å². The molecule has 0 radical (unpaired) electrons. The van der Waals surface area contributed by atoms with Crippen LogP contribution < -0.4 is 5.32 Å². The average molecular weight is 271 g/mol. The third kappa shape index (κ3) is 3.29. The van der Waals surface area contributed by atoms with Crippen LogP contribution in [0.4, 0.5) is 5.69 Å². The summed E-state index contributed by atoms with van der Waals surface area (Å²) >= 11 is 0. The van der Waals surface area contributed by atoms with E-state index in [0.29, 0.717) is 11.3 Å². The monoisotopic (exact) mass is 271 g/mol. The van der Waals surface area contributed by atoms with Crippen molar-refractivity contribution in [3.05, 3.63) is 53.1 Å². The maximum Gasteiger partial charge on any atom is 0.228 e. The Labute approximate surface area is 117 Å². The summed E-state index contributed by atoms with van der Waals surface area (Å²) in [5.74, 6) is 0.198. The Morgan fingerprint density at radius 1 is 1.10 bits per heavy atom. The van der Waals surface area contributed by atoms with E-state index in [-0.39, 0.29) is 23.8 Å². The summed E-state index contributed by atoms with van der Waals surface area (Å²) in [6.45, 7) is 3.60. The van der Waals surface area contributed by atoms with E-state index in [1.807, 2.05) is 6.92 Å². The maximum atomic E-state index is 12.0. The number of aryl methyl sites for hydroxylation is 2. The van der Waals surface area contributed by atoms with Gasteiger partial charge in [0, 0.05) is 5.69 Å². The number of hydrogen-bond acceptors (Lipinski definition) is 3. The van der Waals surface area contributed by atoms with E-state index in [2.05, 4.69) is 5.32 Å². The maximum absolute atomic E-state index is 12.0. The summed E-state index contributed by atoms with van der Waals surface area (Å²) in [6, 6.07) is 9.98. The molecule has 0 heterocycles. The van der Waals surface area contributed by atoms with Crippen molar-refractivity contribution in [3.63, 3.8) is 0 Å². The van der Waals surface area contributed by atoms with Crippen LogP contribution in [0.2, 0.25) is 0 Å². The first-order valence-electron chi connectivity index (χ1n) is 6.33. The SMILES string of the molecule is Cc1cc(NC(=O)Cc2cccc(O)c2)c(C)cc1O. The zero-order chi connectivity index (χ0) is 14.7. The highest BCUT2D eigenvalue weighted by atomic mass is 16.3. The summed E-state index contributed by atoms with van der Waals surface area (Å²) < 4.78 is 0. The molecule has 0 unspecified atom stereocenters. The number of nitrogens with one attached hydrogen (secondary N) is 1. The van der Waals surface area contributed by atoms with Gasteiger partial charge in [-0.25, -0.2) is 0 Å². The van der Waals surface area contributed by atoms with Crippen LogP contribution in [0.5, 0.6) is 11.5 Å². The number of benzene rings is 2. The van der Waals surface area contributed by atoms with Gasteiger partial charge in [0.05, 0.1) is 6.42 Å². The molecule has 2 aromatic rings. The molecule has 20 heavy (non-hydrogen) atoms. The lowest BCUT2D eigenvalue weighted by atomic mass is 10.1. The lowest BCUT2D eigenvalue weighted by molar-refractivity contribution is -0.115. The first kappa shape index (κ1) is 13.9. The largest absolute Gasteiger partial charge is 0.508 e. The lowest BCUT2D eigenvalue weighted by Crippen LogP contribution is -2.15. The quantitative estimate of drug-likeness (QED) is 0.752. The fourth-order valence-electron chi connectivity index (χ4n) is 1.98. The number of hydrogen-bond donors (Lipinski definition) is 3. The van der Waals surface area contributed by atoms with Crippen LogP contribution in [0.3, 0.4) is 0 Å². The van der Waals surface area contributed by atoms with Gasteiger partial charge in [0.2, 0.25) is 5.91 Å². The minimum atomic E-state index is -0.163. The molecule has 0 aromatic heterocycles. The van der Waals surface area contributed by atoms with Gasteiger partial charge in [-0.3, -0.25) is 4.79 Å². The summed E-state index contributed by atoms with van der Waals surface area (Å²) in [5.41, 5.74) is 2.95. The highest BCUT2D eigenvalue weighted by Crippen LogP contribution is 2.25. The number of phenolic OH excluding ortho intramolecular Hbond substituents is 2. The smallest absolute Gasteiger partial charge is 0.228 e. The molecule has 0 atom stereocenters. The number of carbonyl (C=O) groups is 1. The van der Waals surface area contributed by atoms with Crippen molar-refractivity contribution < 1.29 is 15.0 Å². The number of carbonyl (C=O) groups excluding carboxylic acids is 1. The van der Waals surface area contributed by atoms with E-state index < -0.39 is 0 Å². The summed E-state index contributed by atoms with van der Waals surface area (Å²) in [5, 5.41) is 21.8. The molecule has 0 spiro atoms. The third-order valence-electron chi connectivity index (χ3n) is 3.09. The molecule has 0 fully saturated rings. The molecule has 4 heteroatoms. The van der Waals surface area contributed by atoms with Gasteiger partial charge in [-0.05, 0) is 54.8 Å². The van der Waals surface area contributed by atoms with Crippen LogP contribution in [0.25, 0.3) is 0 Å². The van der Waals surface area contributed by atoms with Crippen molar-refractivity contribution in [3.8, 4) is 11.5 Å². The van der Waals surface area contributed by atoms with E-state index in [4.69, 9.17) is 0 Å². The van der Waals surface area contributed by atoms with E-state index in [1.54, 1.807) is 43.3 Å². The van der Waals surface area contributed by atoms with Crippen molar-refractivity contribution in [2.75, 3.05) is 5.32 Å². The van der Waals surface area contributed by atoms with Crippen molar-refractivity contribution in [2.45, 2.75) is 20.3 Å². The molecule has 4 nitrogen and oxygen atoms in total. The van der Waals surface area contributed by atoms with Crippen molar-refractivity contribution in [2.24, 2.45) is 0 Å². The lowest BCUT2D eigenvalue weighted by Gasteiger charge is -2.11. The highest BCUT2D eigenvalue weighted by molar-refractivity contribution is 5.93. The molecule has 0 aliphatic rings. The number of amides is 1. The minimum absolute atomic E-state index is 0.145. The molecule has 2 rings (SSSR count). The molecule has 0 saturated carbocycles. The Kier molecular flexibility index (Phi) is 3.94. The van der Waals surface area contributed by atoms with Crippen LogP contribution in [0.1, 0.15) is 16.7 Å². The fraction of sp³-hybridized carbons (Fsp3) is 0.188. The summed E-state index contributed by atoms with van der Waals surface area (Å²) in [7, 11) is 0. The Bertz CT molecular complexity index is 650. The van der Waals surface area contributed by atoms with Crippen LogP contribution in [0.15, 0.2) is 36.4 Å². The van der Waals surface area contributed by atoms with Gasteiger partial charge in [0.25, 0.3) is 0 Å². The Morgan fingerprint density at radius 2 is 1.85 bits per heavy atom. The average Bonchev–Trinajstić information content (AvgIpc) is 2.36. The fourth-order valence-corrected chi connectivity index (χ4v) is 1.98. The number of rotatable bonds is 3. The zero-order valence-electron chi connectivity index (χ0n) is 11.5. The summed E-state index contributed by atoms with van der Waals surface area (Å²) in [6.07, 6.45) is 0.188. The molecule has 1 amide bonds. The molecule has 0 aliphatic heterocycles. The molecular weight excluding hydrogens is 254 g/mol. The molecule has 104 valence electrons. The molecule has 0 saturated heterocycles. The first-order valence-corrected chi connectivity index (χ1v) is 6.33. The normalized spacial score (nSPS) is 10.3. The molecule has 2 aromatic carbocycles. The van der Waals surface area contributed by atoms with Crippen LogP contribution >= 0.6 is 0 Å². The number of anilines is 1. The Balaban J connectivity index is 2.10. The minimum Gasteiger partial charge on any atom is -0.508 e. The second-order valence-electron chi connectivity index (χ2n) is 4.85. The van der Waals surface area contributed by atoms with E-state index in [1.165, 1.54) is 0 Å². The second-order valence-corrected chi connectivity index (χ2v) is 4.85. The second kappa shape index (κ2) is 5.65. The van der Waals surface area contributed by atoms with E-state index >= 15 is 0 Å². The summed E-state index contributed by atoms with van der Waals surface area (Å²) in [4.78, 5) is 12.0. The third-order valence-corrected chi connectivity index (χ3v) is 3.09. The number of phenols is 2. The van der Waals surface area contributed by atoms with E-state index in [9.17, 15) is 15.0 Å². The van der Waals surface area contributed by atoms with Gasteiger partial charge in [0.1, 0.15) is 11.5 Å².